The fourth-order valence-corrected chi connectivity index (χ4v) is 1.48. The molecule has 1 aromatic heterocycles. The molecule has 14 heavy (non-hydrogen) atoms. The first-order valence-electron chi connectivity index (χ1n) is 4.45. The zero-order valence-electron chi connectivity index (χ0n) is 7.93. The second-order valence-corrected chi connectivity index (χ2v) is 3.81. The smallest absolute Gasteiger partial charge is 0.145 e. The Hall–Kier alpha value is -0.510. The third-order valence-corrected chi connectivity index (χ3v) is 2.42. The number of nitrogens with one attached hydrogen (secondary N) is 1. The number of nitrogens with two attached hydrogens (primary N) is 1. The van der Waals surface area contributed by atoms with Crippen LogP contribution in [0.25, 0.3) is 0 Å². The molecule has 1 atom stereocenters. The first-order chi connectivity index (χ1) is 6.67. The molecule has 0 saturated heterocycles. The fourth-order valence-electron chi connectivity index (χ4n) is 1.04. The van der Waals surface area contributed by atoms with Gasteiger partial charge in [-0.3, -0.25) is 0 Å². The van der Waals surface area contributed by atoms with Crippen molar-refractivity contribution in [3.63, 3.8) is 0 Å². The minimum Gasteiger partial charge on any atom is -0.365 e. The van der Waals surface area contributed by atoms with Gasteiger partial charge in [0, 0.05) is 18.8 Å². The van der Waals surface area contributed by atoms with Crippen LogP contribution in [0, 0.1) is 0 Å². The van der Waals surface area contributed by atoms with Gasteiger partial charge in [0.05, 0.1) is 10.0 Å². The molecule has 3 N–H and O–H groups in total. The highest BCUT2D eigenvalue weighted by Crippen LogP contribution is 2.23. The van der Waals surface area contributed by atoms with Crippen molar-refractivity contribution in [3.8, 4) is 0 Å². The highest BCUT2D eigenvalue weighted by atomic mass is 35.5. The van der Waals surface area contributed by atoms with Gasteiger partial charge in [-0.25, -0.2) is 4.98 Å². The van der Waals surface area contributed by atoms with Gasteiger partial charge in [0.1, 0.15) is 5.82 Å². The normalized spacial score (nSPS) is 12.6. The van der Waals surface area contributed by atoms with Gasteiger partial charge in [-0.15, -0.1) is 0 Å². The SMILES string of the molecule is CCC(CN)Nc1ncc(Cl)cc1Cl. The summed E-state index contributed by atoms with van der Waals surface area (Å²) in [5, 5.41) is 4.19. The van der Waals surface area contributed by atoms with Crippen LogP contribution in [-0.2, 0) is 0 Å². The summed E-state index contributed by atoms with van der Waals surface area (Å²) < 4.78 is 0. The van der Waals surface area contributed by atoms with Crippen LogP contribution in [0.1, 0.15) is 13.3 Å². The Kier molecular flexibility index (Phi) is 4.45. The fraction of sp³-hybridized carbons (Fsp3) is 0.444. The molecule has 1 heterocycles. The first kappa shape index (κ1) is 11.6. The molecule has 0 radical (unpaired) electrons. The van der Waals surface area contributed by atoms with Crippen LogP contribution < -0.4 is 11.1 Å². The van der Waals surface area contributed by atoms with E-state index in [1.807, 2.05) is 6.92 Å². The lowest BCUT2D eigenvalue weighted by molar-refractivity contribution is 0.700. The van der Waals surface area contributed by atoms with Crippen LogP contribution in [0.2, 0.25) is 10.0 Å². The van der Waals surface area contributed by atoms with E-state index in [4.69, 9.17) is 28.9 Å². The number of rotatable bonds is 4. The molecular weight excluding hydrogens is 221 g/mol. The number of anilines is 1. The van der Waals surface area contributed by atoms with E-state index >= 15 is 0 Å². The highest BCUT2D eigenvalue weighted by Gasteiger charge is 2.07. The first-order valence-corrected chi connectivity index (χ1v) is 5.20. The monoisotopic (exact) mass is 233 g/mol. The molecule has 0 aliphatic heterocycles. The van der Waals surface area contributed by atoms with Gasteiger partial charge in [0.15, 0.2) is 0 Å². The maximum absolute atomic E-state index is 5.94. The average molecular weight is 234 g/mol. The van der Waals surface area contributed by atoms with Crippen molar-refractivity contribution in [2.75, 3.05) is 11.9 Å². The van der Waals surface area contributed by atoms with E-state index in [0.717, 1.165) is 6.42 Å². The Balaban J connectivity index is 2.76. The quantitative estimate of drug-likeness (QED) is 0.841. The number of aromatic nitrogens is 1. The van der Waals surface area contributed by atoms with Gasteiger partial charge >= 0.3 is 0 Å². The summed E-state index contributed by atoms with van der Waals surface area (Å²) >= 11 is 11.7. The van der Waals surface area contributed by atoms with Gasteiger partial charge in [0.25, 0.3) is 0 Å². The number of hydrogen-bond acceptors (Lipinski definition) is 3. The lowest BCUT2D eigenvalue weighted by Crippen LogP contribution is -2.28. The summed E-state index contributed by atoms with van der Waals surface area (Å²) in [6.45, 7) is 2.60. The van der Waals surface area contributed by atoms with E-state index in [2.05, 4.69) is 10.3 Å². The topological polar surface area (TPSA) is 50.9 Å². The molecule has 1 rings (SSSR count). The molecule has 78 valence electrons. The second-order valence-electron chi connectivity index (χ2n) is 2.97. The number of halogens is 2. The molecule has 1 unspecified atom stereocenters. The van der Waals surface area contributed by atoms with Gasteiger partial charge in [0.2, 0.25) is 0 Å². The van der Waals surface area contributed by atoms with E-state index in [-0.39, 0.29) is 6.04 Å². The van der Waals surface area contributed by atoms with Crippen molar-refractivity contribution in [3.05, 3.63) is 22.3 Å². The summed E-state index contributed by atoms with van der Waals surface area (Å²) in [4.78, 5) is 4.08. The molecule has 0 amide bonds. The van der Waals surface area contributed by atoms with Gasteiger partial charge in [-0.1, -0.05) is 30.1 Å². The third-order valence-electron chi connectivity index (χ3n) is 1.93. The van der Waals surface area contributed by atoms with Crippen LogP contribution in [0.15, 0.2) is 12.3 Å². The van der Waals surface area contributed by atoms with E-state index in [0.29, 0.717) is 22.4 Å². The molecule has 5 heteroatoms. The van der Waals surface area contributed by atoms with Crippen molar-refractivity contribution >= 4 is 29.0 Å². The zero-order valence-corrected chi connectivity index (χ0v) is 9.44. The summed E-state index contributed by atoms with van der Waals surface area (Å²) in [5.74, 6) is 0.633. The summed E-state index contributed by atoms with van der Waals surface area (Å²) in [7, 11) is 0. The van der Waals surface area contributed by atoms with Crippen molar-refractivity contribution < 1.29 is 0 Å². The van der Waals surface area contributed by atoms with Crippen LogP contribution in [0.3, 0.4) is 0 Å². The van der Waals surface area contributed by atoms with E-state index in [9.17, 15) is 0 Å². The number of hydrogen-bond donors (Lipinski definition) is 2. The van der Waals surface area contributed by atoms with Crippen molar-refractivity contribution in [1.29, 1.82) is 0 Å². The molecule has 0 aliphatic carbocycles. The average Bonchev–Trinajstić information content (AvgIpc) is 2.17. The second kappa shape index (κ2) is 5.39. The number of pyridine rings is 1. The van der Waals surface area contributed by atoms with Crippen molar-refractivity contribution in [2.45, 2.75) is 19.4 Å². The molecule has 0 aromatic carbocycles. The Morgan fingerprint density at radius 3 is 2.79 bits per heavy atom. The Morgan fingerprint density at radius 1 is 1.57 bits per heavy atom. The maximum atomic E-state index is 5.94. The zero-order chi connectivity index (χ0) is 10.6. The van der Waals surface area contributed by atoms with Gasteiger partial charge < -0.3 is 11.1 Å². The van der Waals surface area contributed by atoms with Crippen LogP contribution in [0.5, 0.6) is 0 Å². The van der Waals surface area contributed by atoms with E-state index < -0.39 is 0 Å². The minimum absolute atomic E-state index is 0.196. The summed E-state index contributed by atoms with van der Waals surface area (Å²) in [6, 6.07) is 1.85. The van der Waals surface area contributed by atoms with Crippen molar-refractivity contribution in [2.24, 2.45) is 5.73 Å². The predicted octanol–water partition coefficient (Wildman–Crippen LogP) is 2.54. The molecule has 0 saturated carbocycles. The Labute approximate surface area is 93.6 Å². The van der Waals surface area contributed by atoms with E-state index in [1.165, 1.54) is 0 Å². The molecule has 0 spiro atoms. The summed E-state index contributed by atoms with van der Waals surface area (Å²) in [6.07, 6.45) is 2.48. The molecule has 1 aromatic rings. The highest BCUT2D eigenvalue weighted by molar-refractivity contribution is 6.35. The van der Waals surface area contributed by atoms with E-state index in [1.54, 1.807) is 12.3 Å². The lowest BCUT2D eigenvalue weighted by atomic mass is 10.2. The van der Waals surface area contributed by atoms with Crippen LogP contribution >= 0.6 is 23.2 Å². The molecule has 0 aliphatic rings. The number of nitrogens with zero attached hydrogens (tertiary/aromatic N) is 1. The largest absolute Gasteiger partial charge is 0.365 e. The standard InChI is InChI=1S/C9H13Cl2N3/c1-2-7(4-12)14-9-8(11)3-6(10)5-13-9/h3,5,7H,2,4,12H2,1H3,(H,13,14). The molecule has 0 fully saturated rings. The molecule has 0 bridgehead atoms. The maximum Gasteiger partial charge on any atom is 0.145 e. The lowest BCUT2D eigenvalue weighted by Gasteiger charge is -2.15. The Bertz CT molecular complexity index is 300. The van der Waals surface area contributed by atoms with Gasteiger partial charge in [-0.05, 0) is 12.5 Å². The van der Waals surface area contributed by atoms with Gasteiger partial charge in [-0.2, -0.15) is 0 Å². The van der Waals surface area contributed by atoms with Crippen LogP contribution in [-0.4, -0.2) is 17.6 Å². The summed E-state index contributed by atoms with van der Waals surface area (Å²) in [5.41, 5.74) is 5.55. The Morgan fingerprint density at radius 2 is 2.29 bits per heavy atom. The molecule has 3 nitrogen and oxygen atoms in total. The van der Waals surface area contributed by atoms with Crippen molar-refractivity contribution in [1.82, 2.24) is 4.98 Å². The molecular formula is C9H13Cl2N3. The predicted molar refractivity (Wildman–Crippen MR) is 61.0 cm³/mol. The third kappa shape index (κ3) is 3.01. The van der Waals surface area contributed by atoms with Crippen LogP contribution in [0.4, 0.5) is 5.82 Å². The minimum atomic E-state index is 0.196.